The lowest BCUT2D eigenvalue weighted by atomic mass is 10.1. The zero-order chi connectivity index (χ0) is 13.0. The highest BCUT2D eigenvalue weighted by Gasteiger charge is 2.16. The molecule has 1 aliphatic heterocycles. The monoisotopic (exact) mass is 247 g/mol. The normalized spacial score (nSPS) is 19.3. The fourth-order valence-corrected chi connectivity index (χ4v) is 2.17. The van der Waals surface area contributed by atoms with Crippen LogP contribution in [-0.2, 0) is 0 Å². The van der Waals surface area contributed by atoms with Crippen LogP contribution in [0.4, 0.5) is 5.69 Å². The lowest BCUT2D eigenvalue weighted by molar-refractivity contribution is 0.0930. The second-order valence-electron chi connectivity index (χ2n) is 4.96. The van der Waals surface area contributed by atoms with Crippen LogP contribution >= 0.6 is 0 Å². The highest BCUT2D eigenvalue weighted by atomic mass is 16.1. The van der Waals surface area contributed by atoms with Crippen molar-refractivity contribution < 1.29 is 4.79 Å². The average molecular weight is 247 g/mol. The van der Waals surface area contributed by atoms with Crippen LogP contribution in [0.5, 0.6) is 0 Å². The summed E-state index contributed by atoms with van der Waals surface area (Å²) in [5, 5.41) is 6.38. The first-order valence-electron chi connectivity index (χ1n) is 6.46. The quantitative estimate of drug-likeness (QED) is 0.844. The Morgan fingerprint density at radius 1 is 1.44 bits per heavy atom. The molecule has 1 atom stereocenters. The molecule has 2 rings (SSSR count). The molecule has 4 heteroatoms. The van der Waals surface area contributed by atoms with Crippen LogP contribution in [0.1, 0.15) is 23.2 Å². The minimum atomic E-state index is 0.0207. The third kappa shape index (κ3) is 3.23. The van der Waals surface area contributed by atoms with E-state index in [1.54, 1.807) is 0 Å². The van der Waals surface area contributed by atoms with Gasteiger partial charge in [-0.05, 0) is 37.6 Å². The van der Waals surface area contributed by atoms with Gasteiger partial charge in [0.05, 0.1) is 0 Å². The fourth-order valence-electron chi connectivity index (χ4n) is 2.17. The third-order valence-corrected chi connectivity index (χ3v) is 3.26. The third-order valence-electron chi connectivity index (χ3n) is 3.26. The van der Waals surface area contributed by atoms with Gasteiger partial charge in [0.2, 0.25) is 0 Å². The highest BCUT2D eigenvalue weighted by molar-refractivity contribution is 5.95. The molecule has 0 saturated carbocycles. The van der Waals surface area contributed by atoms with Crippen LogP contribution in [-0.4, -0.2) is 39.1 Å². The predicted octanol–water partition coefficient (Wildman–Crippen LogP) is 1.23. The summed E-state index contributed by atoms with van der Waals surface area (Å²) in [6.45, 7) is 1.93. The minimum absolute atomic E-state index is 0.0207. The standard InChI is InChI=1S/C14H21N3O/c1-17(2)13-7-3-5-11(9-13)14(18)16-12-6-4-8-15-10-12/h3,5,7,9,12,15H,4,6,8,10H2,1-2H3,(H,16,18)/t12-/m0/s1. The van der Waals surface area contributed by atoms with E-state index in [0.717, 1.165) is 37.2 Å². The van der Waals surface area contributed by atoms with Gasteiger partial charge >= 0.3 is 0 Å². The zero-order valence-electron chi connectivity index (χ0n) is 11.1. The summed E-state index contributed by atoms with van der Waals surface area (Å²) in [5.74, 6) is 0.0207. The van der Waals surface area contributed by atoms with Gasteiger partial charge in [0.15, 0.2) is 0 Å². The van der Waals surface area contributed by atoms with Crippen LogP contribution < -0.4 is 15.5 Å². The summed E-state index contributed by atoms with van der Waals surface area (Å²) >= 11 is 0. The van der Waals surface area contributed by atoms with Crippen molar-refractivity contribution in [2.45, 2.75) is 18.9 Å². The number of nitrogens with zero attached hydrogens (tertiary/aromatic N) is 1. The first-order valence-corrected chi connectivity index (χ1v) is 6.46. The Morgan fingerprint density at radius 2 is 2.28 bits per heavy atom. The number of amides is 1. The second-order valence-corrected chi connectivity index (χ2v) is 4.96. The van der Waals surface area contributed by atoms with Crippen molar-refractivity contribution in [2.24, 2.45) is 0 Å². The molecule has 0 aliphatic carbocycles. The maximum atomic E-state index is 12.1. The van der Waals surface area contributed by atoms with Gasteiger partial charge in [0, 0.05) is 37.9 Å². The predicted molar refractivity (Wildman–Crippen MR) is 74.1 cm³/mol. The van der Waals surface area contributed by atoms with Crippen molar-refractivity contribution in [2.75, 3.05) is 32.1 Å². The Morgan fingerprint density at radius 3 is 2.94 bits per heavy atom. The lowest BCUT2D eigenvalue weighted by Crippen LogP contribution is -2.45. The van der Waals surface area contributed by atoms with Gasteiger partial charge in [-0.2, -0.15) is 0 Å². The molecule has 1 fully saturated rings. The smallest absolute Gasteiger partial charge is 0.251 e. The molecule has 2 N–H and O–H groups in total. The molecule has 18 heavy (non-hydrogen) atoms. The van der Waals surface area contributed by atoms with Crippen molar-refractivity contribution in [1.82, 2.24) is 10.6 Å². The number of nitrogens with one attached hydrogen (secondary N) is 2. The Hall–Kier alpha value is -1.55. The van der Waals surface area contributed by atoms with Crippen LogP contribution in [0, 0.1) is 0 Å². The van der Waals surface area contributed by atoms with E-state index in [1.807, 2.05) is 43.3 Å². The Balaban J connectivity index is 2.01. The number of benzene rings is 1. The molecule has 1 saturated heterocycles. The van der Waals surface area contributed by atoms with Crippen molar-refractivity contribution in [3.63, 3.8) is 0 Å². The van der Waals surface area contributed by atoms with E-state index in [9.17, 15) is 4.79 Å². The first kappa shape index (κ1) is 12.9. The Bertz CT molecular complexity index is 411. The molecule has 0 radical (unpaired) electrons. The van der Waals surface area contributed by atoms with E-state index in [0.29, 0.717) is 0 Å². The molecule has 0 unspecified atom stereocenters. The molecule has 1 heterocycles. The van der Waals surface area contributed by atoms with E-state index in [1.165, 1.54) is 0 Å². The maximum absolute atomic E-state index is 12.1. The molecule has 98 valence electrons. The number of rotatable bonds is 3. The number of hydrogen-bond donors (Lipinski definition) is 2. The molecule has 1 amide bonds. The van der Waals surface area contributed by atoms with Crippen LogP contribution in [0.25, 0.3) is 0 Å². The SMILES string of the molecule is CN(C)c1cccc(C(=O)N[C@H]2CCCNC2)c1. The Labute approximate surface area is 108 Å². The Kier molecular flexibility index (Phi) is 4.20. The molecular weight excluding hydrogens is 226 g/mol. The van der Waals surface area contributed by atoms with Crippen LogP contribution in [0.2, 0.25) is 0 Å². The molecule has 1 aromatic carbocycles. The van der Waals surface area contributed by atoms with Gasteiger partial charge in [-0.1, -0.05) is 6.07 Å². The topological polar surface area (TPSA) is 44.4 Å². The highest BCUT2D eigenvalue weighted by Crippen LogP contribution is 2.13. The summed E-state index contributed by atoms with van der Waals surface area (Å²) in [4.78, 5) is 14.1. The summed E-state index contributed by atoms with van der Waals surface area (Å²) in [6, 6.07) is 7.96. The molecule has 0 spiro atoms. The molecule has 1 aromatic rings. The maximum Gasteiger partial charge on any atom is 0.251 e. The van der Waals surface area contributed by atoms with Gasteiger partial charge in [0.1, 0.15) is 0 Å². The summed E-state index contributed by atoms with van der Waals surface area (Å²) in [5.41, 5.74) is 1.77. The lowest BCUT2D eigenvalue weighted by Gasteiger charge is -2.24. The van der Waals surface area contributed by atoms with E-state index in [2.05, 4.69) is 10.6 Å². The molecular formula is C14H21N3O. The van der Waals surface area contributed by atoms with Gasteiger partial charge in [-0.3, -0.25) is 4.79 Å². The fraction of sp³-hybridized carbons (Fsp3) is 0.500. The molecule has 0 bridgehead atoms. The van der Waals surface area contributed by atoms with E-state index >= 15 is 0 Å². The number of anilines is 1. The van der Waals surface area contributed by atoms with E-state index < -0.39 is 0 Å². The zero-order valence-corrected chi connectivity index (χ0v) is 11.1. The van der Waals surface area contributed by atoms with Gasteiger partial charge in [-0.25, -0.2) is 0 Å². The average Bonchev–Trinajstić information content (AvgIpc) is 2.40. The summed E-state index contributed by atoms with van der Waals surface area (Å²) in [6.07, 6.45) is 2.19. The van der Waals surface area contributed by atoms with Crippen LogP contribution in [0.3, 0.4) is 0 Å². The number of piperidine rings is 1. The molecule has 0 aromatic heterocycles. The summed E-state index contributed by atoms with van der Waals surface area (Å²) in [7, 11) is 3.95. The first-order chi connectivity index (χ1) is 8.66. The summed E-state index contributed by atoms with van der Waals surface area (Å²) < 4.78 is 0. The number of carbonyl (C=O) groups excluding carboxylic acids is 1. The van der Waals surface area contributed by atoms with E-state index in [4.69, 9.17) is 0 Å². The number of carbonyl (C=O) groups is 1. The van der Waals surface area contributed by atoms with Crippen molar-refractivity contribution in [1.29, 1.82) is 0 Å². The van der Waals surface area contributed by atoms with Crippen molar-refractivity contribution >= 4 is 11.6 Å². The largest absolute Gasteiger partial charge is 0.378 e. The van der Waals surface area contributed by atoms with Gasteiger partial charge in [0.25, 0.3) is 5.91 Å². The van der Waals surface area contributed by atoms with Crippen molar-refractivity contribution in [3.05, 3.63) is 29.8 Å². The number of hydrogen-bond acceptors (Lipinski definition) is 3. The molecule has 4 nitrogen and oxygen atoms in total. The molecule has 1 aliphatic rings. The van der Waals surface area contributed by atoms with Crippen molar-refractivity contribution in [3.8, 4) is 0 Å². The van der Waals surface area contributed by atoms with Gasteiger partial charge < -0.3 is 15.5 Å². The van der Waals surface area contributed by atoms with E-state index in [-0.39, 0.29) is 11.9 Å². The minimum Gasteiger partial charge on any atom is -0.378 e. The van der Waals surface area contributed by atoms with Gasteiger partial charge in [-0.15, -0.1) is 0 Å². The van der Waals surface area contributed by atoms with Crippen LogP contribution in [0.15, 0.2) is 24.3 Å². The second kappa shape index (κ2) is 5.87.